The highest BCUT2D eigenvalue weighted by Crippen LogP contribution is 2.33. The monoisotopic (exact) mass is 284 g/mol. The van der Waals surface area contributed by atoms with E-state index in [-0.39, 0.29) is 0 Å². The molecule has 1 aromatic heterocycles. The van der Waals surface area contributed by atoms with Crippen LogP contribution >= 0.6 is 0 Å². The largest absolute Gasteiger partial charge is 0.330 e. The van der Waals surface area contributed by atoms with Crippen molar-refractivity contribution in [2.24, 2.45) is 11.7 Å². The molecule has 0 unspecified atom stereocenters. The predicted octanol–water partition coefficient (Wildman–Crippen LogP) is 2.20. The van der Waals surface area contributed by atoms with E-state index in [4.69, 9.17) is 5.73 Å². The molecule has 1 aromatic carbocycles. The van der Waals surface area contributed by atoms with Crippen molar-refractivity contribution in [1.82, 2.24) is 15.1 Å². The van der Waals surface area contributed by atoms with Gasteiger partial charge in [-0.15, -0.1) is 0 Å². The summed E-state index contributed by atoms with van der Waals surface area (Å²) in [5, 5.41) is 7.38. The number of aromatic amines is 1. The van der Waals surface area contributed by atoms with E-state index in [1.54, 1.807) is 0 Å². The molecular weight excluding hydrogens is 260 g/mol. The van der Waals surface area contributed by atoms with Gasteiger partial charge in [0.25, 0.3) is 0 Å². The second-order valence-electron chi connectivity index (χ2n) is 6.12. The number of benzene rings is 1. The molecular formula is C17H24N4. The normalized spacial score (nSPS) is 22.8. The number of nitrogens with two attached hydrogens (primary N) is 1. The third kappa shape index (κ3) is 2.87. The van der Waals surface area contributed by atoms with Gasteiger partial charge in [0.15, 0.2) is 0 Å². The first-order valence-electron chi connectivity index (χ1n) is 7.67. The topological polar surface area (TPSA) is 57.9 Å². The quantitative estimate of drug-likeness (QED) is 0.905. The Bertz CT molecular complexity index is 571. The van der Waals surface area contributed by atoms with Crippen molar-refractivity contribution in [2.45, 2.75) is 26.3 Å². The minimum absolute atomic E-state index is 0.542. The van der Waals surface area contributed by atoms with E-state index in [9.17, 15) is 0 Å². The SMILES string of the molecule is Cc1n[nH]c(C)c1CN1C[C@@H](CN)[C@H](c2ccccc2)C1. The maximum absolute atomic E-state index is 6.01. The van der Waals surface area contributed by atoms with Crippen LogP contribution in [0.4, 0.5) is 0 Å². The van der Waals surface area contributed by atoms with Crippen LogP contribution in [0.5, 0.6) is 0 Å². The molecule has 1 aliphatic rings. The molecule has 0 amide bonds. The van der Waals surface area contributed by atoms with Gasteiger partial charge in [-0.25, -0.2) is 0 Å². The highest BCUT2D eigenvalue weighted by molar-refractivity contribution is 5.25. The highest BCUT2D eigenvalue weighted by atomic mass is 15.2. The van der Waals surface area contributed by atoms with Crippen LogP contribution in [-0.2, 0) is 6.54 Å². The molecule has 21 heavy (non-hydrogen) atoms. The van der Waals surface area contributed by atoms with Gasteiger partial charge in [0, 0.05) is 36.8 Å². The summed E-state index contributed by atoms with van der Waals surface area (Å²) in [6.07, 6.45) is 0. The van der Waals surface area contributed by atoms with E-state index < -0.39 is 0 Å². The van der Waals surface area contributed by atoms with Crippen molar-refractivity contribution in [1.29, 1.82) is 0 Å². The molecule has 2 heterocycles. The fourth-order valence-electron chi connectivity index (χ4n) is 3.44. The van der Waals surface area contributed by atoms with Gasteiger partial charge >= 0.3 is 0 Å². The Labute approximate surface area is 126 Å². The molecule has 0 radical (unpaired) electrons. The van der Waals surface area contributed by atoms with Crippen molar-refractivity contribution < 1.29 is 0 Å². The molecule has 0 aliphatic carbocycles. The van der Waals surface area contributed by atoms with Crippen molar-refractivity contribution in [2.75, 3.05) is 19.6 Å². The molecule has 0 bridgehead atoms. The van der Waals surface area contributed by atoms with Crippen LogP contribution in [0.15, 0.2) is 30.3 Å². The van der Waals surface area contributed by atoms with Gasteiger partial charge in [-0.2, -0.15) is 5.10 Å². The van der Waals surface area contributed by atoms with Crippen molar-refractivity contribution >= 4 is 0 Å². The molecule has 4 heteroatoms. The van der Waals surface area contributed by atoms with E-state index in [2.05, 4.69) is 59.3 Å². The van der Waals surface area contributed by atoms with E-state index in [1.807, 2.05) is 0 Å². The van der Waals surface area contributed by atoms with Gasteiger partial charge in [-0.3, -0.25) is 10.00 Å². The number of H-pyrrole nitrogens is 1. The maximum atomic E-state index is 6.01. The molecule has 2 atom stereocenters. The van der Waals surface area contributed by atoms with Crippen molar-refractivity contribution in [3.8, 4) is 0 Å². The lowest BCUT2D eigenvalue weighted by atomic mass is 9.89. The molecule has 1 aliphatic heterocycles. The van der Waals surface area contributed by atoms with Gasteiger partial charge in [-0.05, 0) is 31.9 Å². The van der Waals surface area contributed by atoms with Crippen LogP contribution in [0.25, 0.3) is 0 Å². The predicted molar refractivity (Wildman–Crippen MR) is 85.1 cm³/mol. The Kier molecular flexibility index (Phi) is 4.08. The average Bonchev–Trinajstić information content (AvgIpc) is 3.06. The Balaban J connectivity index is 1.75. The maximum Gasteiger partial charge on any atom is 0.0639 e. The van der Waals surface area contributed by atoms with E-state index in [1.165, 1.54) is 16.8 Å². The fraction of sp³-hybridized carbons (Fsp3) is 0.471. The molecule has 0 saturated carbocycles. The lowest BCUT2D eigenvalue weighted by Gasteiger charge is -2.17. The van der Waals surface area contributed by atoms with Crippen LogP contribution in [-0.4, -0.2) is 34.7 Å². The summed E-state index contributed by atoms with van der Waals surface area (Å²) in [6.45, 7) is 8.04. The van der Waals surface area contributed by atoms with E-state index in [0.29, 0.717) is 11.8 Å². The number of hydrogen-bond acceptors (Lipinski definition) is 3. The van der Waals surface area contributed by atoms with Crippen molar-refractivity contribution in [3.05, 3.63) is 52.8 Å². The lowest BCUT2D eigenvalue weighted by Crippen LogP contribution is -2.23. The molecule has 1 fully saturated rings. The number of nitrogens with zero attached hydrogens (tertiary/aromatic N) is 2. The number of rotatable bonds is 4. The van der Waals surface area contributed by atoms with Gasteiger partial charge in [0.2, 0.25) is 0 Å². The smallest absolute Gasteiger partial charge is 0.0639 e. The van der Waals surface area contributed by atoms with E-state index >= 15 is 0 Å². The Morgan fingerprint density at radius 3 is 2.62 bits per heavy atom. The Morgan fingerprint density at radius 1 is 1.24 bits per heavy atom. The zero-order valence-corrected chi connectivity index (χ0v) is 12.8. The number of likely N-dealkylation sites (tertiary alicyclic amines) is 1. The number of nitrogens with one attached hydrogen (secondary N) is 1. The van der Waals surface area contributed by atoms with E-state index in [0.717, 1.165) is 31.9 Å². The molecule has 3 rings (SSSR count). The third-order valence-corrected chi connectivity index (χ3v) is 4.71. The molecule has 3 N–H and O–H groups in total. The summed E-state index contributed by atoms with van der Waals surface area (Å²) < 4.78 is 0. The highest BCUT2D eigenvalue weighted by Gasteiger charge is 2.33. The number of hydrogen-bond donors (Lipinski definition) is 2. The van der Waals surface area contributed by atoms with Crippen LogP contribution in [0.3, 0.4) is 0 Å². The van der Waals surface area contributed by atoms with Gasteiger partial charge in [0.1, 0.15) is 0 Å². The third-order valence-electron chi connectivity index (χ3n) is 4.71. The average molecular weight is 284 g/mol. The van der Waals surface area contributed by atoms with Crippen LogP contribution in [0.2, 0.25) is 0 Å². The summed E-state index contributed by atoms with van der Waals surface area (Å²) >= 11 is 0. The molecule has 1 saturated heterocycles. The van der Waals surface area contributed by atoms with Gasteiger partial charge in [0.05, 0.1) is 5.69 Å². The molecule has 2 aromatic rings. The minimum Gasteiger partial charge on any atom is -0.330 e. The lowest BCUT2D eigenvalue weighted by molar-refractivity contribution is 0.315. The number of aromatic nitrogens is 2. The zero-order valence-electron chi connectivity index (χ0n) is 12.8. The summed E-state index contributed by atoms with van der Waals surface area (Å²) in [4.78, 5) is 2.51. The van der Waals surface area contributed by atoms with Gasteiger partial charge < -0.3 is 5.73 Å². The van der Waals surface area contributed by atoms with Crippen LogP contribution in [0, 0.1) is 19.8 Å². The van der Waals surface area contributed by atoms with Crippen molar-refractivity contribution in [3.63, 3.8) is 0 Å². The Hall–Kier alpha value is -1.65. The first-order chi connectivity index (χ1) is 10.2. The van der Waals surface area contributed by atoms with Crippen LogP contribution < -0.4 is 5.73 Å². The number of aryl methyl sites for hydroxylation is 2. The first kappa shape index (κ1) is 14.3. The minimum atomic E-state index is 0.542. The standard InChI is InChI=1S/C17H24N4/c1-12-16(13(2)20-19-12)10-21-9-15(8-18)17(11-21)14-6-4-3-5-7-14/h3-7,15,17H,8-11,18H2,1-2H3,(H,19,20)/t15-,17+/m1/s1. The summed E-state index contributed by atoms with van der Waals surface area (Å²) in [6, 6.07) is 10.8. The summed E-state index contributed by atoms with van der Waals surface area (Å²) in [5.74, 6) is 1.09. The second kappa shape index (κ2) is 6.00. The molecule has 112 valence electrons. The summed E-state index contributed by atoms with van der Waals surface area (Å²) in [5.41, 5.74) is 11.0. The first-order valence-corrected chi connectivity index (χ1v) is 7.67. The molecule has 4 nitrogen and oxygen atoms in total. The van der Waals surface area contributed by atoms with Crippen LogP contribution in [0.1, 0.15) is 28.4 Å². The fourth-order valence-corrected chi connectivity index (χ4v) is 3.44. The zero-order chi connectivity index (χ0) is 14.8. The van der Waals surface area contributed by atoms with Gasteiger partial charge in [-0.1, -0.05) is 30.3 Å². The second-order valence-corrected chi connectivity index (χ2v) is 6.12. The summed E-state index contributed by atoms with van der Waals surface area (Å²) in [7, 11) is 0. The molecule has 0 spiro atoms. The Morgan fingerprint density at radius 2 is 2.00 bits per heavy atom.